The molecule has 23 heavy (non-hydrogen) atoms. The van der Waals surface area contributed by atoms with Gasteiger partial charge in [0.05, 0.1) is 11.3 Å². The summed E-state index contributed by atoms with van der Waals surface area (Å²) in [6.45, 7) is 8.68. The molecular formula is C18H27F3N2. The van der Waals surface area contributed by atoms with Crippen molar-refractivity contribution in [3.05, 3.63) is 29.1 Å². The minimum absolute atomic E-state index is 0.243. The molecular weight excluding hydrogens is 301 g/mol. The molecule has 5 heteroatoms. The van der Waals surface area contributed by atoms with Crippen LogP contribution in [0.3, 0.4) is 0 Å². The van der Waals surface area contributed by atoms with Crippen LogP contribution in [-0.2, 0) is 12.7 Å². The summed E-state index contributed by atoms with van der Waals surface area (Å²) in [7, 11) is 0. The summed E-state index contributed by atoms with van der Waals surface area (Å²) < 4.78 is 39.1. The molecule has 1 aliphatic carbocycles. The van der Waals surface area contributed by atoms with Crippen molar-refractivity contribution < 1.29 is 13.2 Å². The maximum atomic E-state index is 13.0. The molecule has 0 unspecified atom stereocenters. The largest absolute Gasteiger partial charge is 0.416 e. The highest BCUT2D eigenvalue weighted by atomic mass is 19.4. The molecule has 0 atom stereocenters. The molecule has 0 aromatic carbocycles. The number of nitrogens with zero attached hydrogens (tertiary/aromatic N) is 2. The fourth-order valence-electron chi connectivity index (χ4n) is 2.89. The molecule has 0 amide bonds. The molecule has 2 aliphatic rings. The molecule has 2 nitrogen and oxygen atoms in total. The molecule has 2 fully saturated rings. The van der Waals surface area contributed by atoms with E-state index < -0.39 is 11.7 Å². The van der Waals surface area contributed by atoms with E-state index in [1.165, 1.54) is 12.1 Å². The lowest BCUT2D eigenvalue weighted by atomic mass is 9.99. The van der Waals surface area contributed by atoms with Crippen molar-refractivity contribution >= 4 is 0 Å². The molecule has 0 radical (unpaired) electrons. The van der Waals surface area contributed by atoms with Crippen LogP contribution in [0.15, 0.2) is 12.1 Å². The summed E-state index contributed by atoms with van der Waals surface area (Å²) in [4.78, 5) is 6.70. The molecule has 0 spiro atoms. The highest BCUT2D eigenvalue weighted by Gasteiger charge is 2.34. The van der Waals surface area contributed by atoms with E-state index in [0.717, 1.165) is 44.7 Å². The second kappa shape index (κ2) is 7.65. The lowest BCUT2D eigenvalue weighted by Gasteiger charge is -2.30. The maximum Gasteiger partial charge on any atom is 0.416 e. The Balaban J connectivity index is 0.000000924. The second-order valence-electron chi connectivity index (χ2n) is 6.50. The normalized spacial score (nSPS) is 20.1. The van der Waals surface area contributed by atoms with E-state index >= 15 is 0 Å². The first-order chi connectivity index (χ1) is 10.9. The molecule has 1 aromatic heterocycles. The van der Waals surface area contributed by atoms with Gasteiger partial charge in [-0.05, 0) is 56.8 Å². The number of hydrogen-bond donors (Lipinski definition) is 0. The smallest absolute Gasteiger partial charge is 0.297 e. The average molecular weight is 328 g/mol. The first kappa shape index (κ1) is 18.2. The van der Waals surface area contributed by atoms with Gasteiger partial charge in [-0.25, -0.2) is 0 Å². The van der Waals surface area contributed by atoms with Crippen molar-refractivity contribution in [3.63, 3.8) is 0 Å². The summed E-state index contributed by atoms with van der Waals surface area (Å²) in [5.41, 5.74) is 0.659. The fraction of sp³-hybridized carbons (Fsp3) is 0.722. The predicted molar refractivity (Wildman–Crippen MR) is 86.2 cm³/mol. The Labute approximate surface area is 137 Å². The average Bonchev–Trinajstić information content (AvgIpc) is 3.35. The summed E-state index contributed by atoms with van der Waals surface area (Å²) in [6, 6.07) is 2.46. The van der Waals surface area contributed by atoms with Gasteiger partial charge in [0, 0.05) is 18.2 Å². The monoisotopic (exact) mass is 328 g/mol. The predicted octanol–water partition coefficient (Wildman–Crippen LogP) is 5.24. The van der Waals surface area contributed by atoms with Gasteiger partial charge in [-0.1, -0.05) is 20.8 Å². The van der Waals surface area contributed by atoms with E-state index in [0.29, 0.717) is 17.9 Å². The first-order valence-corrected chi connectivity index (χ1v) is 8.72. The van der Waals surface area contributed by atoms with Crippen molar-refractivity contribution in [2.24, 2.45) is 5.92 Å². The highest BCUT2D eigenvalue weighted by molar-refractivity contribution is 5.28. The van der Waals surface area contributed by atoms with Crippen molar-refractivity contribution in [2.45, 2.75) is 65.1 Å². The minimum Gasteiger partial charge on any atom is -0.297 e. The third-order valence-electron chi connectivity index (χ3n) is 4.48. The summed E-state index contributed by atoms with van der Waals surface area (Å²) in [5.74, 6) is 0.963. The lowest BCUT2D eigenvalue weighted by Crippen LogP contribution is -2.32. The number of likely N-dealkylation sites (tertiary alicyclic amines) is 1. The van der Waals surface area contributed by atoms with Crippen LogP contribution in [0.25, 0.3) is 0 Å². The van der Waals surface area contributed by atoms with Gasteiger partial charge in [-0.3, -0.25) is 9.88 Å². The van der Waals surface area contributed by atoms with Gasteiger partial charge < -0.3 is 0 Å². The lowest BCUT2D eigenvalue weighted by molar-refractivity contribution is -0.137. The number of alkyl halides is 3. The zero-order valence-corrected chi connectivity index (χ0v) is 14.3. The fourth-order valence-corrected chi connectivity index (χ4v) is 2.89. The van der Waals surface area contributed by atoms with Gasteiger partial charge in [0.15, 0.2) is 0 Å². The zero-order chi connectivity index (χ0) is 17.0. The standard InChI is InChI=1S/C16H21F3N2.C2H6/c1-11-4-6-21(7-5-11)10-14-8-13(16(17,18)19)9-15(20-14)12-2-3-12;1-2/h8-9,11-12H,2-7,10H2,1H3;1-2H3. The number of rotatable bonds is 3. The maximum absolute atomic E-state index is 13.0. The van der Waals surface area contributed by atoms with E-state index in [-0.39, 0.29) is 5.92 Å². The van der Waals surface area contributed by atoms with Crippen molar-refractivity contribution in [3.8, 4) is 0 Å². The van der Waals surface area contributed by atoms with E-state index in [4.69, 9.17) is 0 Å². The van der Waals surface area contributed by atoms with Crippen LogP contribution in [-0.4, -0.2) is 23.0 Å². The van der Waals surface area contributed by atoms with Gasteiger partial charge in [0.25, 0.3) is 0 Å². The Morgan fingerprint density at radius 1 is 1.09 bits per heavy atom. The molecule has 0 bridgehead atoms. The molecule has 1 aliphatic heterocycles. The van der Waals surface area contributed by atoms with Crippen LogP contribution in [0.1, 0.15) is 69.3 Å². The Kier molecular flexibility index (Phi) is 6.06. The molecule has 2 heterocycles. The van der Waals surface area contributed by atoms with Crippen LogP contribution in [0.4, 0.5) is 13.2 Å². The van der Waals surface area contributed by atoms with Crippen LogP contribution in [0.2, 0.25) is 0 Å². The van der Waals surface area contributed by atoms with Crippen molar-refractivity contribution in [2.75, 3.05) is 13.1 Å². The molecule has 130 valence electrons. The Morgan fingerprint density at radius 2 is 1.70 bits per heavy atom. The topological polar surface area (TPSA) is 16.1 Å². The summed E-state index contributed by atoms with van der Waals surface area (Å²) >= 11 is 0. The third kappa shape index (κ3) is 5.20. The number of halogens is 3. The van der Waals surface area contributed by atoms with Crippen LogP contribution in [0.5, 0.6) is 0 Å². The van der Waals surface area contributed by atoms with E-state index in [2.05, 4.69) is 16.8 Å². The van der Waals surface area contributed by atoms with Gasteiger partial charge in [-0.2, -0.15) is 13.2 Å². The van der Waals surface area contributed by atoms with Gasteiger partial charge in [0.1, 0.15) is 0 Å². The number of aromatic nitrogens is 1. The minimum atomic E-state index is -4.28. The third-order valence-corrected chi connectivity index (χ3v) is 4.48. The molecule has 1 saturated carbocycles. The quantitative estimate of drug-likeness (QED) is 0.754. The van der Waals surface area contributed by atoms with Gasteiger partial charge in [0.2, 0.25) is 0 Å². The summed E-state index contributed by atoms with van der Waals surface area (Å²) in [6.07, 6.45) is -0.107. The summed E-state index contributed by atoms with van der Waals surface area (Å²) in [5, 5.41) is 0. The number of pyridine rings is 1. The van der Waals surface area contributed by atoms with Crippen LogP contribution < -0.4 is 0 Å². The van der Waals surface area contributed by atoms with E-state index in [1.807, 2.05) is 13.8 Å². The van der Waals surface area contributed by atoms with Gasteiger partial charge >= 0.3 is 6.18 Å². The Hall–Kier alpha value is -1.10. The molecule has 3 rings (SSSR count). The van der Waals surface area contributed by atoms with Gasteiger partial charge in [-0.15, -0.1) is 0 Å². The molecule has 1 saturated heterocycles. The van der Waals surface area contributed by atoms with Crippen molar-refractivity contribution in [1.29, 1.82) is 0 Å². The van der Waals surface area contributed by atoms with Crippen molar-refractivity contribution in [1.82, 2.24) is 9.88 Å². The number of piperidine rings is 1. The first-order valence-electron chi connectivity index (χ1n) is 8.72. The van der Waals surface area contributed by atoms with Crippen LogP contribution in [0, 0.1) is 5.92 Å². The van der Waals surface area contributed by atoms with Crippen LogP contribution >= 0.6 is 0 Å². The number of hydrogen-bond acceptors (Lipinski definition) is 2. The highest BCUT2D eigenvalue weighted by Crippen LogP contribution is 2.41. The Morgan fingerprint density at radius 3 is 2.22 bits per heavy atom. The SMILES string of the molecule is CC.CC1CCN(Cc2cc(C(F)(F)F)cc(C3CC3)n2)CC1. The van der Waals surface area contributed by atoms with E-state index in [9.17, 15) is 13.2 Å². The Bertz CT molecular complexity index is 501. The van der Waals surface area contributed by atoms with E-state index in [1.54, 1.807) is 0 Å². The molecule has 1 aromatic rings. The molecule has 0 N–H and O–H groups in total. The zero-order valence-electron chi connectivity index (χ0n) is 14.3. The second-order valence-corrected chi connectivity index (χ2v) is 6.50.